The second-order valence-corrected chi connectivity index (χ2v) is 5.11. The van der Waals surface area contributed by atoms with Crippen molar-refractivity contribution in [3.8, 4) is 0 Å². The summed E-state index contributed by atoms with van der Waals surface area (Å²) in [6, 6.07) is 0. The van der Waals surface area contributed by atoms with Crippen molar-refractivity contribution in [2.45, 2.75) is 44.1 Å². The van der Waals surface area contributed by atoms with E-state index >= 15 is 0 Å². The molecular formula is C11H17NO2. The Bertz CT molecular complexity index is 272. The lowest BCUT2D eigenvalue weighted by molar-refractivity contribution is -0.144. The Hall–Kier alpha value is -0.570. The van der Waals surface area contributed by atoms with Gasteiger partial charge in [0.15, 0.2) is 0 Å². The van der Waals surface area contributed by atoms with Crippen LogP contribution in [-0.2, 0) is 9.53 Å². The predicted octanol–water partition coefficient (Wildman–Crippen LogP) is 1.23. The average Bonchev–Trinajstić information content (AvgIpc) is 2.42. The zero-order valence-corrected chi connectivity index (χ0v) is 8.47. The summed E-state index contributed by atoms with van der Waals surface area (Å²) in [6.07, 6.45) is 7.57. The molecule has 1 unspecified atom stereocenters. The molecule has 1 atom stereocenters. The molecule has 1 aliphatic heterocycles. The van der Waals surface area contributed by atoms with Gasteiger partial charge in [-0.25, -0.2) is 0 Å². The van der Waals surface area contributed by atoms with Crippen molar-refractivity contribution in [1.82, 2.24) is 5.32 Å². The SMILES string of the molecule is O=C1COCC2(CCCC23CCC3)N1. The largest absolute Gasteiger partial charge is 0.369 e. The van der Waals surface area contributed by atoms with Crippen molar-refractivity contribution in [3.05, 3.63) is 0 Å². The summed E-state index contributed by atoms with van der Waals surface area (Å²) in [5, 5.41) is 3.22. The molecule has 1 N–H and O–H groups in total. The number of ether oxygens (including phenoxy) is 1. The minimum absolute atomic E-state index is 0.0145. The van der Waals surface area contributed by atoms with E-state index in [1.807, 2.05) is 0 Å². The highest BCUT2D eigenvalue weighted by Gasteiger charge is 2.59. The number of carbonyl (C=O) groups excluding carboxylic acids is 1. The minimum Gasteiger partial charge on any atom is -0.369 e. The molecule has 14 heavy (non-hydrogen) atoms. The molecule has 0 aromatic carbocycles. The van der Waals surface area contributed by atoms with Gasteiger partial charge < -0.3 is 10.1 Å². The Morgan fingerprint density at radius 2 is 1.86 bits per heavy atom. The molecule has 0 radical (unpaired) electrons. The molecule has 3 aliphatic rings. The van der Waals surface area contributed by atoms with Crippen molar-refractivity contribution in [1.29, 1.82) is 0 Å². The fourth-order valence-electron chi connectivity index (χ4n) is 3.64. The van der Waals surface area contributed by atoms with Gasteiger partial charge in [0.25, 0.3) is 0 Å². The third-order valence-electron chi connectivity index (χ3n) is 4.55. The lowest BCUT2D eigenvalue weighted by Crippen LogP contribution is -2.65. The maximum absolute atomic E-state index is 11.4. The Morgan fingerprint density at radius 1 is 1.14 bits per heavy atom. The van der Waals surface area contributed by atoms with Crippen LogP contribution >= 0.6 is 0 Å². The van der Waals surface area contributed by atoms with Crippen LogP contribution in [0.25, 0.3) is 0 Å². The van der Waals surface area contributed by atoms with Crippen LogP contribution in [0.3, 0.4) is 0 Å². The molecule has 1 amide bonds. The number of nitrogens with one attached hydrogen (secondary N) is 1. The molecule has 3 fully saturated rings. The molecule has 2 aliphatic carbocycles. The van der Waals surface area contributed by atoms with Crippen LogP contribution < -0.4 is 5.32 Å². The molecule has 78 valence electrons. The number of morpholine rings is 1. The Labute approximate surface area is 84.2 Å². The highest BCUT2D eigenvalue weighted by molar-refractivity contribution is 5.79. The van der Waals surface area contributed by atoms with Gasteiger partial charge in [-0.05, 0) is 31.1 Å². The third-order valence-corrected chi connectivity index (χ3v) is 4.55. The van der Waals surface area contributed by atoms with Gasteiger partial charge in [0.05, 0.1) is 12.1 Å². The van der Waals surface area contributed by atoms with E-state index in [9.17, 15) is 4.79 Å². The minimum atomic E-state index is 0.0145. The van der Waals surface area contributed by atoms with E-state index in [1.165, 1.54) is 32.1 Å². The van der Waals surface area contributed by atoms with Crippen molar-refractivity contribution < 1.29 is 9.53 Å². The van der Waals surface area contributed by atoms with E-state index in [4.69, 9.17) is 4.74 Å². The Balaban J connectivity index is 1.89. The highest BCUT2D eigenvalue weighted by Crippen LogP contribution is 2.59. The summed E-state index contributed by atoms with van der Waals surface area (Å²) in [6.45, 7) is 1.01. The fraction of sp³-hybridized carbons (Fsp3) is 0.909. The second-order valence-electron chi connectivity index (χ2n) is 5.11. The lowest BCUT2D eigenvalue weighted by Gasteiger charge is -2.53. The summed E-state index contributed by atoms with van der Waals surface area (Å²) in [5.41, 5.74) is 0.420. The topological polar surface area (TPSA) is 38.3 Å². The maximum atomic E-state index is 11.4. The predicted molar refractivity (Wildman–Crippen MR) is 51.8 cm³/mol. The molecule has 3 heteroatoms. The summed E-state index contributed by atoms with van der Waals surface area (Å²) >= 11 is 0. The first kappa shape index (κ1) is 8.72. The molecule has 3 nitrogen and oxygen atoms in total. The van der Waals surface area contributed by atoms with Gasteiger partial charge in [-0.1, -0.05) is 12.8 Å². The number of hydrogen-bond acceptors (Lipinski definition) is 2. The quantitative estimate of drug-likeness (QED) is 0.631. The molecule has 1 heterocycles. The van der Waals surface area contributed by atoms with Crippen LogP contribution in [0.2, 0.25) is 0 Å². The van der Waals surface area contributed by atoms with E-state index in [1.54, 1.807) is 0 Å². The van der Waals surface area contributed by atoms with E-state index in [0.717, 1.165) is 13.0 Å². The van der Waals surface area contributed by atoms with Gasteiger partial charge in [0, 0.05) is 0 Å². The van der Waals surface area contributed by atoms with Crippen LogP contribution in [0.5, 0.6) is 0 Å². The van der Waals surface area contributed by atoms with Gasteiger partial charge in [-0.15, -0.1) is 0 Å². The zero-order chi connectivity index (χ0) is 9.65. The van der Waals surface area contributed by atoms with Crippen LogP contribution in [0.1, 0.15) is 38.5 Å². The molecular weight excluding hydrogens is 178 g/mol. The summed E-state index contributed by atoms with van der Waals surface area (Å²) in [4.78, 5) is 11.4. The van der Waals surface area contributed by atoms with E-state index in [0.29, 0.717) is 5.41 Å². The van der Waals surface area contributed by atoms with E-state index in [2.05, 4.69) is 5.32 Å². The summed E-state index contributed by atoms with van der Waals surface area (Å²) in [5.74, 6) is 0.0874. The number of rotatable bonds is 0. The number of carbonyl (C=O) groups is 1. The molecule has 3 rings (SSSR count). The molecule has 1 saturated heterocycles. The first-order chi connectivity index (χ1) is 6.77. The van der Waals surface area contributed by atoms with Crippen molar-refractivity contribution >= 4 is 5.91 Å². The van der Waals surface area contributed by atoms with Crippen LogP contribution in [0, 0.1) is 5.41 Å². The maximum Gasteiger partial charge on any atom is 0.246 e. The summed E-state index contributed by atoms with van der Waals surface area (Å²) in [7, 11) is 0. The number of amides is 1. The first-order valence-electron chi connectivity index (χ1n) is 5.65. The van der Waals surface area contributed by atoms with Crippen LogP contribution in [0.4, 0.5) is 0 Å². The second kappa shape index (κ2) is 2.72. The highest BCUT2D eigenvalue weighted by atomic mass is 16.5. The number of fused-ring (bicyclic) bond motifs is 1. The van der Waals surface area contributed by atoms with Gasteiger partial charge in [0.2, 0.25) is 5.91 Å². The van der Waals surface area contributed by atoms with E-state index < -0.39 is 0 Å². The van der Waals surface area contributed by atoms with Gasteiger partial charge in [-0.2, -0.15) is 0 Å². The molecule has 0 aromatic heterocycles. The van der Waals surface area contributed by atoms with Crippen molar-refractivity contribution in [2.75, 3.05) is 13.2 Å². The normalized spacial score (nSPS) is 39.9. The van der Waals surface area contributed by atoms with Crippen molar-refractivity contribution in [2.24, 2.45) is 5.41 Å². The lowest BCUT2D eigenvalue weighted by atomic mass is 9.58. The van der Waals surface area contributed by atoms with E-state index in [-0.39, 0.29) is 18.1 Å². The van der Waals surface area contributed by atoms with Gasteiger partial charge in [0.1, 0.15) is 6.61 Å². The first-order valence-corrected chi connectivity index (χ1v) is 5.65. The summed E-state index contributed by atoms with van der Waals surface area (Å²) < 4.78 is 5.44. The van der Waals surface area contributed by atoms with Crippen molar-refractivity contribution in [3.63, 3.8) is 0 Å². The zero-order valence-electron chi connectivity index (χ0n) is 8.47. The van der Waals surface area contributed by atoms with Crippen LogP contribution in [0.15, 0.2) is 0 Å². The molecule has 0 bridgehead atoms. The third kappa shape index (κ3) is 0.937. The average molecular weight is 195 g/mol. The molecule has 2 spiro atoms. The van der Waals surface area contributed by atoms with Gasteiger partial charge in [-0.3, -0.25) is 4.79 Å². The fourth-order valence-corrected chi connectivity index (χ4v) is 3.64. The van der Waals surface area contributed by atoms with Gasteiger partial charge >= 0.3 is 0 Å². The molecule has 2 saturated carbocycles. The van der Waals surface area contributed by atoms with Crippen LogP contribution in [-0.4, -0.2) is 24.7 Å². The Morgan fingerprint density at radius 3 is 2.50 bits per heavy atom. The Kier molecular flexibility index (Phi) is 1.69. The molecule has 0 aromatic rings. The standard InChI is InChI=1S/C11H17NO2/c13-9-7-14-8-11(12-9)6-2-5-10(11)3-1-4-10/h1-8H2,(H,12,13). The number of hydrogen-bond donors (Lipinski definition) is 1. The smallest absolute Gasteiger partial charge is 0.246 e. The monoisotopic (exact) mass is 195 g/mol.